The van der Waals surface area contributed by atoms with Crippen LogP contribution in [0.5, 0.6) is 0 Å². The van der Waals surface area contributed by atoms with Crippen LogP contribution in [0.15, 0.2) is 0 Å². The topological polar surface area (TPSA) is 44.5 Å². The van der Waals surface area contributed by atoms with Crippen molar-refractivity contribution in [3.05, 3.63) is 0 Å². The predicted molar refractivity (Wildman–Crippen MR) is 80.9 cm³/mol. The van der Waals surface area contributed by atoms with E-state index in [1.807, 2.05) is 0 Å². The molecule has 0 aromatic heterocycles. The summed E-state index contributed by atoms with van der Waals surface area (Å²) in [6, 6.07) is 1.12. The number of hydrogen-bond acceptors (Lipinski definition) is 4. The van der Waals surface area contributed by atoms with Crippen molar-refractivity contribution in [1.82, 2.24) is 15.2 Å². The van der Waals surface area contributed by atoms with Gasteiger partial charge in [0.25, 0.3) is 0 Å². The summed E-state index contributed by atoms with van der Waals surface area (Å²) in [5.41, 5.74) is 3.09. The van der Waals surface area contributed by atoms with E-state index in [4.69, 9.17) is 5.84 Å². The van der Waals surface area contributed by atoms with E-state index >= 15 is 0 Å². The Balaban J connectivity index is 1.65. The number of rotatable bonds is 9. The van der Waals surface area contributed by atoms with E-state index in [1.165, 1.54) is 77.7 Å². The van der Waals surface area contributed by atoms with Crippen molar-refractivity contribution in [2.75, 3.05) is 32.7 Å². The van der Waals surface area contributed by atoms with Crippen molar-refractivity contribution >= 4 is 0 Å². The number of nitrogens with one attached hydrogen (secondary N) is 1. The Morgan fingerprint density at radius 3 is 2.32 bits per heavy atom. The van der Waals surface area contributed by atoms with Gasteiger partial charge in [-0.1, -0.05) is 45.4 Å². The molecule has 0 saturated carbocycles. The molecule has 3 rings (SSSR count). The summed E-state index contributed by atoms with van der Waals surface area (Å²) in [6.07, 6.45) is 9.45. The minimum absolute atomic E-state index is 0.481. The number of nitrogens with zero attached hydrogens (tertiary/aromatic N) is 2. The second-order valence-electron chi connectivity index (χ2n) is 6.23. The Labute approximate surface area is 118 Å². The fraction of sp³-hybridized carbons (Fsp3) is 1.00. The average molecular weight is 268 g/mol. The molecular weight excluding hydrogens is 236 g/mol. The first-order chi connectivity index (χ1) is 9.35. The monoisotopic (exact) mass is 268 g/mol. The maximum atomic E-state index is 5.80. The lowest BCUT2D eigenvalue weighted by Gasteiger charge is -2.50. The van der Waals surface area contributed by atoms with Crippen LogP contribution in [0.25, 0.3) is 0 Å². The van der Waals surface area contributed by atoms with Crippen LogP contribution in [0.4, 0.5) is 0 Å². The van der Waals surface area contributed by atoms with Crippen molar-refractivity contribution in [3.8, 4) is 0 Å². The second kappa shape index (κ2) is 8.20. The van der Waals surface area contributed by atoms with Crippen LogP contribution in [0, 0.1) is 0 Å². The molecule has 3 aliphatic rings. The molecule has 3 aliphatic heterocycles. The first-order valence-corrected chi connectivity index (χ1v) is 8.27. The Hall–Kier alpha value is -0.160. The molecule has 4 heteroatoms. The van der Waals surface area contributed by atoms with Gasteiger partial charge >= 0.3 is 0 Å². The van der Waals surface area contributed by atoms with Crippen LogP contribution in [0.1, 0.15) is 51.9 Å². The molecule has 3 heterocycles. The van der Waals surface area contributed by atoms with Crippen molar-refractivity contribution < 1.29 is 0 Å². The molecule has 2 atom stereocenters. The Kier molecular flexibility index (Phi) is 6.57. The van der Waals surface area contributed by atoms with E-state index in [0.717, 1.165) is 0 Å². The van der Waals surface area contributed by atoms with Crippen LogP contribution in [-0.2, 0) is 0 Å². The highest BCUT2D eigenvalue weighted by molar-refractivity contribution is 4.94. The maximum Gasteiger partial charge on any atom is 0.0391 e. The van der Waals surface area contributed by atoms with Gasteiger partial charge in [-0.05, 0) is 6.42 Å². The van der Waals surface area contributed by atoms with Crippen molar-refractivity contribution in [2.45, 2.75) is 64.0 Å². The van der Waals surface area contributed by atoms with Crippen LogP contribution in [0.2, 0.25) is 0 Å². The van der Waals surface area contributed by atoms with Crippen LogP contribution in [0.3, 0.4) is 0 Å². The number of nitrogens with two attached hydrogens (primary N) is 1. The number of hydrazine groups is 1. The molecule has 0 spiro atoms. The lowest BCUT2D eigenvalue weighted by atomic mass is 9.95. The third-order valence-electron chi connectivity index (χ3n) is 4.87. The van der Waals surface area contributed by atoms with Crippen LogP contribution < -0.4 is 11.3 Å². The zero-order chi connectivity index (χ0) is 13.5. The quantitative estimate of drug-likeness (QED) is 0.378. The normalized spacial score (nSPS) is 31.6. The Morgan fingerprint density at radius 1 is 1.05 bits per heavy atom. The molecule has 0 radical (unpaired) electrons. The standard InChI is InChI=1S/C15H32N4/c1-2-3-4-5-6-7-8-14(17-16)15-13-18-9-11-19(15)12-10-18/h14-15,17H,2-13,16H2,1H3. The van der Waals surface area contributed by atoms with E-state index in [0.29, 0.717) is 12.1 Å². The molecule has 3 N–H and O–H groups in total. The van der Waals surface area contributed by atoms with E-state index in [9.17, 15) is 0 Å². The van der Waals surface area contributed by atoms with Gasteiger partial charge in [-0.15, -0.1) is 0 Å². The highest BCUT2D eigenvalue weighted by Gasteiger charge is 2.35. The van der Waals surface area contributed by atoms with Gasteiger partial charge in [0.1, 0.15) is 0 Å². The first kappa shape index (κ1) is 15.2. The highest BCUT2D eigenvalue weighted by atomic mass is 15.4. The van der Waals surface area contributed by atoms with Crippen molar-refractivity contribution in [1.29, 1.82) is 0 Å². The summed E-state index contributed by atoms with van der Waals surface area (Å²) < 4.78 is 0. The Morgan fingerprint density at radius 2 is 1.74 bits per heavy atom. The molecular formula is C15H32N4. The molecule has 19 heavy (non-hydrogen) atoms. The largest absolute Gasteiger partial charge is 0.299 e. The van der Waals surface area contributed by atoms with Crippen LogP contribution >= 0.6 is 0 Å². The molecule has 3 saturated heterocycles. The van der Waals surface area contributed by atoms with Crippen LogP contribution in [-0.4, -0.2) is 54.6 Å². The van der Waals surface area contributed by atoms with Gasteiger partial charge in [0.05, 0.1) is 0 Å². The number of piperazine rings is 3. The molecule has 0 aromatic rings. The number of hydrogen-bond donors (Lipinski definition) is 2. The number of fused-ring (bicyclic) bond motifs is 3. The lowest BCUT2D eigenvalue weighted by molar-refractivity contribution is -0.00484. The van der Waals surface area contributed by atoms with Gasteiger partial charge in [-0.2, -0.15) is 0 Å². The van der Waals surface area contributed by atoms with Gasteiger partial charge in [0.15, 0.2) is 0 Å². The van der Waals surface area contributed by atoms with Gasteiger partial charge in [0, 0.05) is 44.8 Å². The zero-order valence-corrected chi connectivity index (χ0v) is 12.6. The summed E-state index contributed by atoms with van der Waals surface area (Å²) in [7, 11) is 0. The van der Waals surface area contributed by atoms with E-state index < -0.39 is 0 Å². The van der Waals surface area contributed by atoms with Gasteiger partial charge in [-0.25, -0.2) is 0 Å². The van der Waals surface area contributed by atoms with Gasteiger partial charge in [0.2, 0.25) is 0 Å². The third-order valence-corrected chi connectivity index (χ3v) is 4.87. The van der Waals surface area contributed by atoms with Crippen molar-refractivity contribution in [3.63, 3.8) is 0 Å². The summed E-state index contributed by atoms with van der Waals surface area (Å²) in [5, 5.41) is 0. The molecule has 112 valence electrons. The summed E-state index contributed by atoms with van der Waals surface area (Å²) in [4.78, 5) is 5.23. The Bertz CT molecular complexity index is 238. The number of unbranched alkanes of at least 4 members (excludes halogenated alkanes) is 5. The minimum Gasteiger partial charge on any atom is -0.299 e. The lowest BCUT2D eigenvalue weighted by Crippen LogP contribution is -2.67. The van der Waals surface area contributed by atoms with Gasteiger partial charge in [-0.3, -0.25) is 21.1 Å². The zero-order valence-electron chi connectivity index (χ0n) is 12.6. The summed E-state index contributed by atoms with van der Waals surface area (Å²) in [5.74, 6) is 5.80. The first-order valence-electron chi connectivity index (χ1n) is 8.27. The smallest absolute Gasteiger partial charge is 0.0391 e. The summed E-state index contributed by atoms with van der Waals surface area (Å²) in [6.45, 7) is 8.47. The fourth-order valence-electron chi connectivity index (χ4n) is 3.57. The minimum atomic E-state index is 0.481. The van der Waals surface area contributed by atoms with E-state index in [-0.39, 0.29) is 0 Å². The molecule has 2 unspecified atom stereocenters. The molecule has 0 aliphatic carbocycles. The molecule has 0 aromatic carbocycles. The average Bonchev–Trinajstić information content (AvgIpc) is 2.48. The van der Waals surface area contributed by atoms with Gasteiger partial charge < -0.3 is 0 Å². The highest BCUT2D eigenvalue weighted by Crippen LogP contribution is 2.21. The maximum absolute atomic E-state index is 5.80. The fourth-order valence-corrected chi connectivity index (χ4v) is 3.57. The van der Waals surface area contributed by atoms with E-state index in [1.54, 1.807) is 0 Å². The SMILES string of the molecule is CCCCCCCCC(NN)C1CN2CCN1CC2. The van der Waals surface area contributed by atoms with E-state index in [2.05, 4.69) is 22.1 Å². The molecule has 3 fully saturated rings. The molecule has 2 bridgehead atoms. The third kappa shape index (κ3) is 4.42. The second-order valence-corrected chi connectivity index (χ2v) is 6.23. The molecule has 0 amide bonds. The molecule has 4 nitrogen and oxygen atoms in total. The van der Waals surface area contributed by atoms with Crippen molar-refractivity contribution in [2.24, 2.45) is 5.84 Å². The predicted octanol–water partition coefficient (Wildman–Crippen LogP) is 1.57. The summed E-state index contributed by atoms with van der Waals surface area (Å²) >= 11 is 0.